The summed E-state index contributed by atoms with van der Waals surface area (Å²) >= 11 is 11.4. The van der Waals surface area contributed by atoms with Gasteiger partial charge in [-0.15, -0.1) is 0 Å². The number of thioether (sulfide) groups is 1. The molecular weight excluding hydrogens is 360 g/mol. The Bertz CT molecular complexity index is 529. The van der Waals surface area contributed by atoms with Crippen LogP contribution in [0.4, 0.5) is 0 Å². The van der Waals surface area contributed by atoms with Crippen molar-refractivity contribution >= 4 is 45.1 Å². The van der Waals surface area contributed by atoms with Crippen molar-refractivity contribution < 1.29 is 9.53 Å². The Hall–Kier alpha value is -0.0300. The van der Waals surface area contributed by atoms with Gasteiger partial charge < -0.3 is 4.74 Å². The molecule has 1 spiro atoms. The van der Waals surface area contributed by atoms with Crippen LogP contribution in [0.25, 0.3) is 0 Å². The van der Waals surface area contributed by atoms with Crippen LogP contribution in [0.1, 0.15) is 29.6 Å². The summed E-state index contributed by atoms with van der Waals surface area (Å²) in [7, 11) is 0. The maximum atomic E-state index is 12.8. The first-order valence-electron chi connectivity index (χ1n) is 6.81. The minimum Gasteiger partial charge on any atom is -0.374 e. The van der Waals surface area contributed by atoms with E-state index in [1.165, 1.54) is 0 Å². The molecule has 20 heavy (non-hydrogen) atoms. The maximum absolute atomic E-state index is 12.8. The van der Waals surface area contributed by atoms with Crippen molar-refractivity contribution in [3.63, 3.8) is 0 Å². The third-order valence-electron chi connectivity index (χ3n) is 4.12. The summed E-state index contributed by atoms with van der Waals surface area (Å²) in [6, 6.07) is 5.40. The number of carbonyl (C=O) groups excluding carboxylic acids is 1. The minimum absolute atomic E-state index is 0.0530. The Morgan fingerprint density at radius 3 is 3.10 bits per heavy atom. The number of ether oxygens (including phenoxy) is 1. The average Bonchev–Trinajstić information content (AvgIpc) is 2.88. The van der Waals surface area contributed by atoms with E-state index in [2.05, 4.69) is 15.9 Å². The van der Waals surface area contributed by atoms with Crippen molar-refractivity contribution in [2.45, 2.75) is 24.9 Å². The van der Waals surface area contributed by atoms with E-state index in [1.54, 1.807) is 12.1 Å². The predicted octanol–water partition coefficient (Wildman–Crippen LogP) is 4.59. The first kappa shape index (κ1) is 14.9. The third kappa shape index (κ3) is 2.94. The van der Waals surface area contributed by atoms with Crippen LogP contribution in [-0.4, -0.2) is 29.5 Å². The fourth-order valence-electron chi connectivity index (χ4n) is 3.02. The molecule has 0 bridgehead atoms. The fourth-order valence-corrected chi connectivity index (χ4v) is 5.01. The molecule has 0 amide bonds. The molecule has 2 saturated heterocycles. The number of Topliss-reactive ketones (excluding diaryl/α,β-unsaturated/α-hetero) is 1. The lowest BCUT2D eigenvalue weighted by atomic mass is 9.81. The lowest BCUT2D eigenvalue weighted by Crippen LogP contribution is -2.42. The molecule has 2 aliphatic heterocycles. The lowest BCUT2D eigenvalue weighted by molar-refractivity contribution is -0.0734. The smallest absolute Gasteiger partial charge is 0.167 e. The van der Waals surface area contributed by atoms with Gasteiger partial charge in [0.05, 0.1) is 5.60 Å². The molecule has 108 valence electrons. The molecule has 0 aromatic heterocycles. The molecule has 2 heterocycles. The van der Waals surface area contributed by atoms with Gasteiger partial charge in [0.25, 0.3) is 0 Å². The SMILES string of the molecule is O=C(c1cc(Cl)ccc1Br)C1CCOC2(CCSC2)C1. The molecule has 2 nitrogen and oxygen atoms in total. The van der Waals surface area contributed by atoms with Gasteiger partial charge in [-0.1, -0.05) is 27.5 Å². The molecule has 0 saturated carbocycles. The quantitative estimate of drug-likeness (QED) is 0.707. The Morgan fingerprint density at radius 2 is 2.35 bits per heavy atom. The average molecular weight is 376 g/mol. The van der Waals surface area contributed by atoms with Crippen LogP contribution in [0.3, 0.4) is 0 Å². The van der Waals surface area contributed by atoms with E-state index in [1.807, 2.05) is 17.8 Å². The number of benzene rings is 1. The van der Waals surface area contributed by atoms with Crippen molar-refractivity contribution in [1.82, 2.24) is 0 Å². The van der Waals surface area contributed by atoms with Gasteiger partial charge >= 0.3 is 0 Å². The van der Waals surface area contributed by atoms with Crippen molar-refractivity contribution in [1.29, 1.82) is 0 Å². The van der Waals surface area contributed by atoms with Gasteiger partial charge in [-0.25, -0.2) is 0 Å². The summed E-state index contributed by atoms with van der Waals surface area (Å²) in [5, 5.41) is 0.606. The number of rotatable bonds is 2. The van der Waals surface area contributed by atoms with Crippen molar-refractivity contribution in [2.75, 3.05) is 18.1 Å². The molecule has 1 aromatic carbocycles. The number of hydrogen-bond acceptors (Lipinski definition) is 3. The first-order valence-corrected chi connectivity index (χ1v) is 9.13. The van der Waals surface area contributed by atoms with E-state index in [0.29, 0.717) is 17.2 Å². The van der Waals surface area contributed by atoms with Gasteiger partial charge in [-0.2, -0.15) is 11.8 Å². The summed E-state index contributed by atoms with van der Waals surface area (Å²) in [6.07, 6.45) is 2.72. The van der Waals surface area contributed by atoms with Crippen molar-refractivity contribution in [3.05, 3.63) is 33.3 Å². The van der Waals surface area contributed by atoms with E-state index < -0.39 is 0 Å². The second kappa shape index (κ2) is 5.99. The van der Waals surface area contributed by atoms with E-state index in [-0.39, 0.29) is 17.3 Å². The second-order valence-corrected chi connectivity index (χ2v) is 7.91. The van der Waals surface area contributed by atoms with Crippen LogP contribution < -0.4 is 0 Å². The highest BCUT2D eigenvalue weighted by Gasteiger charge is 2.42. The van der Waals surface area contributed by atoms with E-state index in [9.17, 15) is 4.79 Å². The van der Waals surface area contributed by atoms with Crippen LogP contribution in [0.5, 0.6) is 0 Å². The topological polar surface area (TPSA) is 26.3 Å². The molecule has 5 heteroatoms. The first-order chi connectivity index (χ1) is 9.60. The molecule has 3 rings (SSSR count). The molecule has 0 N–H and O–H groups in total. The summed E-state index contributed by atoms with van der Waals surface area (Å²) in [4.78, 5) is 12.8. The molecule has 0 radical (unpaired) electrons. The van der Waals surface area contributed by atoms with E-state index in [4.69, 9.17) is 16.3 Å². The lowest BCUT2D eigenvalue weighted by Gasteiger charge is -2.37. The highest BCUT2D eigenvalue weighted by molar-refractivity contribution is 9.10. The van der Waals surface area contributed by atoms with Crippen molar-refractivity contribution in [2.24, 2.45) is 5.92 Å². The Labute approximate surface area is 136 Å². The van der Waals surface area contributed by atoms with Crippen LogP contribution in [0, 0.1) is 5.92 Å². The van der Waals surface area contributed by atoms with Gasteiger partial charge in [0.2, 0.25) is 0 Å². The zero-order chi connectivity index (χ0) is 14.2. The molecule has 2 aliphatic rings. The van der Waals surface area contributed by atoms with Gasteiger partial charge in [-0.3, -0.25) is 4.79 Å². The standard InChI is InChI=1S/C15H16BrClO2S/c16-13-2-1-11(17)7-12(13)14(18)10-3-5-19-15(8-10)4-6-20-9-15/h1-2,7,10H,3-6,8-9H2. The van der Waals surface area contributed by atoms with Gasteiger partial charge in [0.15, 0.2) is 5.78 Å². The predicted molar refractivity (Wildman–Crippen MR) is 86.8 cm³/mol. The zero-order valence-electron chi connectivity index (χ0n) is 11.0. The van der Waals surface area contributed by atoms with Gasteiger partial charge in [-0.05, 0) is 43.2 Å². The van der Waals surface area contributed by atoms with Crippen LogP contribution in [-0.2, 0) is 4.74 Å². The summed E-state index contributed by atoms with van der Waals surface area (Å²) in [6.45, 7) is 0.690. The largest absolute Gasteiger partial charge is 0.374 e. The molecule has 2 fully saturated rings. The Kier molecular flexibility index (Phi) is 4.46. The van der Waals surface area contributed by atoms with Crippen LogP contribution in [0.2, 0.25) is 5.02 Å². The molecule has 2 atom stereocenters. The highest BCUT2D eigenvalue weighted by atomic mass is 79.9. The van der Waals surface area contributed by atoms with Crippen molar-refractivity contribution in [3.8, 4) is 0 Å². The summed E-state index contributed by atoms with van der Waals surface area (Å²) in [5.41, 5.74) is 0.638. The number of ketones is 1. The molecule has 2 unspecified atom stereocenters. The summed E-state index contributed by atoms with van der Waals surface area (Å²) in [5.74, 6) is 2.41. The Balaban J connectivity index is 1.81. The van der Waals surface area contributed by atoms with Crippen LogP contribution in [0.15, 0.2) is 22.7 Å². The molecule has 0 aliphatic carbocycles. The highest BCUT2D eigenvalue weighted by Crippen LogP contribution is 2.41. The van der Waals surface area contributed by atoms with E-state index >= 15 is 0 Å². The summed E-state index contributed by atoms with van der Waals surface area (Å²) < 4.78 is 6.81. The minimum atomic E-state index is -0.0612. The monoisotopic (exact) mass is 374 g/mol. The normalized spacial score (nSPS) is 29.8. The molecular formula is C15H16BrClO2S. The van der Waals surface area contributed by atoms with Gasteiger partial charge in [0, 0.05) is 33.3 Å². The number of carbonyl (C=O) groups is 1. The van der Waals surface area contributed by atoms with E-state index in [0.717, 1.165) is 35.2 Å². The number of hydrogen-bond donors (Lipinski definition) is 0. The van der Waals surface area contributed by atoms with Crippen LogP contribution >= 0.6 is 39.3 Å². The Morgan fingerprint density at radius 1 is 1.50 bits per heavy atom. The maximum Gasteiger partial charge on any atom is 0.167 e. The fraction of sp³-hybridized carbons (Fsp3) is 0.533. The van der Waals surface area contributed by atoms with Gasteiger partial charge in [0.1, 0.15) is 0 Å². The molecule has 1 aromatic rings. The zero-order valence-corrected chi connectivity index (χ0v) is 14.2. The second-order valence-electron chi connectivity index (χ2n) is 5.51. The third-order valence-corrected chi connectivity index (χ3v) is 6.27. The number of halogens is 2.